The zero-order chi connectivity index (χ0) is 5.15. The van der Waals surface area contributed by atoms with Gasteiger partial charge in [0.05, 0.1) is 0 Å². The first-order chi connectivity index (χ1) is 2.64. The molecule has 0 nitrogen and oxygen atoms in total. The molecule has 0 amide bonds. The molecule has 0 saturated carbocycles. The molecule has 0 heterocycles. The van der Waals surface area contributed by atoms with Gasteiger partial charge in [0.25, 0.3) is 0 Å². The van der Waals surface area contributed by atoms with Crippen molar-refractivity contribution in [3.05, 3.63) is 17.0 Å². The van der Waals surface area contributed by atoms with Crippen molar-refractivity contribution in [3.8, 4) is 0 Å². The first-order valence-electron chi connectivity index (χ1n) is 1.48. The van der Waals surface area contributed by atoms with Crippen LogP contribution in [0, 0.1) is 6.92 Å². The second-order valence-electron chi connectivity index (χ2n) is 0.938. The summed E-state index contributed by atoms with van der Waals surface area (Å²) < 4.78 is 0. The van der Waals surface area contributed by atoms with Crippen molar-refractivity contribution >= 4 is 23.2 Å². The molecule has 0 rings (SSSR count). The molecule has 1 radical (unpaired) electrons. The SMILES string of the molecule is [CH2]/C(Cl)=C(/C)Cl. The van der Waals surface area contributed by atoms with Crippen LogP contribution in [0.2, 0.25) is 0 Å². The highest BCUT2D eigenvalue weighted by Gasteiger charge is 1.81. The van der Waals surface area contributed by atoms with Crippen molar-refractivity contribution in [1.82, 2.24) is 0 Å². The Labute approximate surface area is 47.8 Å². The fourth-order valence-electron chi connectivity index (χ4n) is 0. The fraction of sp³-hybridized carbons (Fsp3) is 0.250. The van der Waals surface area contributed by atoms with E-state index < -0.39 is 0 Å². The monoisotopic (exact) mass is 123 g/mol. The average Bonchev–Trinajstić information content (AvgIpc) is 1.36. The van der Waals surface area contributed by atoms with Crippen molar-refractivity contribution < 1.29 is 0 Å². The van der Waals surface area contributed by atoms with E-state index in [2.05, 4.69) is 6.92 Å². The molecular formula is C4H5Cl2. The van der Waals surface area contributed by atoms with Gasteiger partial charge in [0, 0.05) is 10.1 Å². The molecule has 0 aliphatic heterocycles. The van der Waals surface area contributed by atoms with Gasteiger partial charge in [-0.1, -0.05) is 23.2 Å². The summed E-state index contributed by atoms with van der Waals surface area (Å²) in [5, 5.41) is 0.966. The Morgan fingerprint density at radius 3 is 1.67 bits per heavy atom. The Morgan fingerprint density at radius 2 is 1.67 bits per heavy atom. The summed E-state index contributed by atoms with van der Waals surface area (Å²) in [4.78, 5) is 0. The first-order valence-corrected chi connectivity index (χ1v) is 2.24. The Morgan fingerprint density at radius 1 is 1.50 bits per heavy atom. The third-order valence-electron chi connectivity index (χ3n) is 0.374. The summed E-state index contributed by atoms with van der Waals surface area (Å²) in [6.45, 7) is 5.04. The van der Waals surface area contributed by atoms with E-state index in [0.29, 0.717) is 10.1 Å². The van der Waals surface area contributed by atoms with Crippen molar-refractivity contribution in [2.75, 3.05) is 0 Å². The lowest BCUT2D eigenvalue weighted by molar-refractivity contribution is 1.64. The molecule has 0 unspecified atom stereocenters. The van der Waals surface area contributed by atoms with Gasteiger partial charge >= 0.3 is 0 Å². The van der Waals surface area contributed by atoms with E-state index in [1.165, 1.54) is 0 Å². The third kappa shape index (κ3) is 2.55. The Hall–Kier alpha value is 0.320. The number of halogens is 2. The minimum Gasteiger partial charge on any atom is -0.0882 e. The lowest BCUT2D eigenvalue weighted by Crippen LogP contribution is -1.58. The molecule has 0 saturated heterocycles. The van der Waals surface area contributed by atoms with E-state index in [0.717, 1.165) is 0 Å². The minimum absolute atomic E-state index is 0.414. The van der Waals surface area contributed by atoms with Crippen LogP contribution in [-0.2, 0) is 0 Å². The van der Waals surface area contributed by atoms with Crippen molar-refractivity contribution in [3.63, 3.8) is 0 Å². The van der Waals surface area contributed by atoms with E-state index in [1.54, 1.807) is 6.92 Å². The van der Waals surface area contributed by atoms with Crippen LogP contribution in [0.15, 0.2) is 10.1 Å². The van der Waals surface area contributed by atoms with Gasteiger partial charge in [0.2, 0.25) is 0 Å². The van der Waals surface area contributed by atoms with Gasteiger partial charge in [-0.15, -0.1) is 0 Å². The number of hydrogen-bond acceptors (Lipinski definition) is 0. The molecule has 35 valence electrons. The highest BCUT2D eigenvalue weighted by atomic mass is 35.5. The first kappa shape index (κ1) is 6.32. The predicted octanol–water partition coefficient (Wildman–Crippen LogP) is 2.53. The Bertz CT molecular complexity index is 55.6. The maximum absolute atomic E-state index is 5.30. The third-order valence-corrected chi connectivity index (χ3v) is 0.982. The molecule has 0 aromatic carbocycles. The van der Waals surface area contributed by atoms with Crippen molar-refractivity contribution in [2.24, 2.45) is 0 Å². The van der Waals surface area contributed by atoms with Crippen molar-refractivity contribution in [2.45, 2.75) is 6.92 Å². The van der Waals surface area contributed by atoms with Gasteiger partial charge in [-0.05, 0) is 13.8 Å². The van der Waals surface area contributed by atoms with E-state index in [4.69, 9.17) is 23.2 Å². The molecule has 0 aliphatic carbocycles. The van der Waals surface area contributed by atoms with Gasteiger partial charge < -0.3 is 0 Å². The standard InChI is InChI=1S/C4H5Cl2/c1-3(5)4(2)6/h1H2,2H3/b4-3+. The zero-order valence-electron chi connectivity index (χ0n) is 3.46. The normalized spacial score (nSPS) is 14.0. The highest BCUT2D eigenvalue weighted by Crippen LogP contribution is 2.09. The van der Waals surface area contributed by atoms with Crippen LogP contribution in [0.25, 0.3) is 0 Å². The second kappa shape index (κ2) is 2.49. The van der Waals surface area contributed by atoms with Crippen LogP contribution < -0.4 is 0 Å². The largest absolute Gasteiger partial charge is 0.0882 e. The molecule has 6 heavy (non-hydrogen) atoms. The summed E-state index contributed by atoms with van der Waals surface area (Å²) in [6, 6.07) is 0. The number of hydrogen-bond donors (Lipinski definition) is 0. The number of allylic oxidation sites excluding steroid dienone is 2. The lowest BCUT2D eigenvalue weighted by Gasteiger charge is -1.81. The van der Waals surface area contributed by atoms with Gasteiger partial charge in [-0.3, -0.25) is 0 Å². The van der Waals surface area contributed by atoms with Gasteiger partial charge in [-0.2, -0.15) is 0 Å². The van der Waals surface area contributed by atoms with E-state index in [-0.39, 0.29) is 0 Å². The van der Waals surface area contributed by atoms with Gasteiger partial charge in [-0.25, -0.2) is 0 Å². The quantitative estimate of drug-likeness (QED) is 0.465. The Balaban J connectivity index is 3.68. The van der Waals surface area contributed by atoms with Crippen LogP contribution in [0.1, 0.15) is 6.92 Å². The van der Waals surface area contributed by atoms with Gasteiger partial charge in [0.15, 0.2) is 0 Å². The number of rotatable bonds is 0. The molecule has 0 spiro atoms. The maximum Gasteiger partial charge on any atom is 0.0326 e. The maximum atomic E-state index is 5.30. The Kier molecular flexibility index (Phi) is 2.62. The summed E-state index contributed by atoms with van der Waals surface area (Å²) in [7, 11) is 0. The van der Waals surface area contributed by atoms with Crippen LogP contribution in [0.5, 0.6) is 0 Å². The fourth-order valence-corrected chi connectivity index (χ4v) is 0. The smallest absolute Gasteiger partial charge is 0.0326 e. The highest BCUT2D eigenvalue weighted by molar-refractivity contribution is 6.39. The molecule has 2 heteroatoms. The van der Waals surface area contributed by atoms with E-state index in [9.17, 15) is 0 Å². The molecule has 0 fully saturated rings. The van der Waals surface area contributed by atoms with E-state index >= 15 is 0 Å². The topological polar surface area (TPSA) is 0 Å². The summed E-state index contributed by atoms with van der Waals surface area (Å²) in [5.41, 5.74) is 0. The van der Waals surface area contributed by atoms with Crippen LogP contribution >= 0.6 is 23.2 Å². The van der Waals surface area contributed by atoms with E-state index in [1.807, 2.05) is 0 Å². The zero-order valence-corrected chi connectivity index (χ0v) is 4.97. The molecule has 0 N–H and O–H groups in total. The van der Waals surface area contributed by atoms with Crippen LogP contribution in [-0.4, -0.2) is 0 Å². The van der Waals surface area contributed by atoms with Crippen LogP contribution in [0.3, 0.4) is 0 Å². The molecule has 0 aromatic rings. The second-order valence-corrected chi connectivity index (χ2v) is 1.96. The molecule has 0 atom stereocenters. The predicted molar refractivity (Wildman–Crippen MR) is 29.8 cm³/mol. The summed E-state index contributed by atoms with van der Waals surface area (Å²) in [5.74, 6) is 0. The minimum atomic E-state index is 0.414. The molecular weight excluding hydrogens is 119 g/mol. The lowest BCUT2D eigenvalue weighted by atomic mass is 10.6. The van der Waals surface area contributed by atoms with Gasteiger partial charge in [0.1, 0.15) is 0 Å². The van der Waals surface area contributed by atoms with Crippen molar-refractivity contribution in [1.29, 1.82) is 0 Å². The summed E-state index contributed by atoms with van der Waals surface area (Å²) in [6.07, 6.45) is 0. The molecule has 0 aliphatic rings. The average molecular weight is 124 g/mol. The van der Waals surface area contributed by atoms with Crippen LogP contribution in [0.4, 0.5) is 0 Å². The summed E-state index contributed by atoms with van der Waals surface area (Å²) >= 11 is 10.5. The molecule has 0 bridgehead atoms. The molecule has 0 aromatic heterocycles.